The molecule has 3 rings (SSSR count). The molecule has 4 atom stereocenters. The summed E-state index contributed by atoms with van der Waals surface area (Å²) in [6, 6.07) is 0. The Morgan fingerprint density at radius 2 is 1.94 bits per heavy atom. The van der Waals surface area contributed by atoms with Gasteiger partial charge in [-0.1, -0.05) is 6.42 Å². The van der Waals surface area contributed by atoms with E-state index >= 15 is 0 Å². The van der Waals surface area contributed by atoms with E-state index in [0.29, 0.717) is 0 Å². The monoisotopic (exact) mass is 236 g/mol. The number of nitrogens with two attached hydrogens (primary N) is 1. The molecule has 2 N–H and O–H groups in total. The molecule has 0 aliphatic heterocycles. The quantitative estimate of drug-likeness (QED) is 0.794. The molecule has 3 fully saturated rings. The Bertz CT molecular complexity index is 283. The van der Waals surface area contributed by atoms with E-state index in [-0.39, 0.29) is 5.54 Å². The van der Waals surface area contributed by atoms with Gasteiger partial charge in [0.2, 0.25) is 0 Å². The number of rotatable bonds is 5. The molecular formula is C15H28N2. The predicted octanol–water partition coefficient (Wildman–Crippen LogP) is 2.48. The minimum Gasteiger partial charge on any atom is -0.324 e. The highest BCUT2D eigenvalue weighted by Gasteiger charge is 2.42. The Hall–Kier alpha value is -0.0800. The lowest BCUT2D eigenvalue weighted by Gasteiger charge is -2.33. The number of hydrogen-bond donors (Lipinski definition) is 1. The average Bonchev–Trinajstić information content (AvgIpc) is 2.92. The van der Waals surface area contributed by atoms with Crippen molar-refractivity contribution < 1.29 is 0 Å². The summed E-state index contributed by atoms with van der Waals surface area (Å²) in [6.45, 7) is 4.63. The highest BCUT2D eigenvalue weighted by molar-refractivity contribution is 4.98. The van der Waals surface area contributed by atoms with E-state index in [1.54, 1.807) is 0 Å². The smallest absolute Gasteiger partial charge is 0.0283 e. The molecule has 2 heteroatoms. The zero-order valence-corrected chi connectivity index (χ0v) is 11.5. The van der Waals surface area contributed by atoms with Gasteiger partial charge in [-0.3, -0.25) is 0 Å². The van der Waals surface area contributed by atoms with Crippen LogP contribution >= 0.6 is 0 Å². The van der Waals surface area contributed by atoms with E-state index < -0.39 is 0 Å². The lowest BCUT2D eigenvalue weighted by atomic mass is 9.88. The van der Waals surface area contributed by atoms with Crippen LogP contribution in [-0.2, 0) is 0 Å². The summed E-state index contributed by atoms with van der Waals surface area (Å²) < 4.78 is 0. The first-order valence-electron chi connectivity index (χ1n) is 7.52. The Labute approximate surface area is 106 Å². The summed E-state index contributed by atoms with van der Waals surface area (Å²) in [5.74, 6) is 3.90. The zero-order chi connectivity index (χ0) is 12.0. The fourth-order valence-corrected chi connectivity index (χ4v) is 4.52. The van der Waals surface area contributed by atoms with Crippen molar-refractivity contribution in [2.45, 2.75) is 51.0 Å². The molecule has 0 spiro atoms. The highest BCUT2D eigenvalue weighted by Crippen LogP contribution is 2.48. The van der Waals surface area contributed by atoms with Crippen LogP contribution in [0.15, 0.2) is 0 Å². The number of fused-ring (bicyclic) bond motifs is 2. The van der Waals surface area contributed by atoms with Crippen molar-refractivity contribution in [3.05, 3.63) is 0 Å². The zero-order valence-electron chi connectivity index (χ0n) is 11.5. The first-order chi connectivity index (χ1) is 8.04. The van der Waals surface area contributed by atoms with Crippen molar-refractivity contribution in [1.82, 2.24) is 4.90 Å². The van der Waals surface area contributed by atoms with Crippen molar-refractivity contribution in [2.75, 3.05) is 20.1 Å². The Morgan fingerprint density at radius 3 is 2.47 bits per heavy atom. The number of likely N-dealkylation sites (N-methyl/N-ethyl adjacent to an activating group) is 1. The van der Waals surface area contributed by atoms with E-state index in [1.807, 2.05) is 0 Å². The van der Waals surface area contributed by atoms with Crippen molar-refractivity contribution in [1.29, 1.82) is 0 Å². The second-order valence-electron chi connectivity index (χ2n) is 7.41. The molecule has 4 unspecified atom stereocenters. The Morgan fingerprint density at radius 1 is 1.18 bits per heavy atom. The topological polar surface area (TPSA) is 29.3 Å². The molecule has 0 radical (unpaired) electrons. The van der Waals surface area contributed by atoms with E-state index in [0.717, 1.165) is 30.2 Å². The minimum atomic E-state index is 0.0619. The molecule has 0 saturated heterocycles. The predicted molar refractivity (Wildman–Crippen MR) is 71.8 cm³/mol. The molecule has 2 bridgehead atoms. The van der Waals surface area contributed by atoms with E-state index in [1.165, 1.54) is 45.1 Å². The molecule has 0 amide bonds. The highest BCUT2D eigenvalue weighted by atomic mass is 15.1. The molecular weight excluding hydrogens is 208 g/mol. The summed E-state index contributed by atoms with van der Waals surface area (Å²) in [5, 5.41) is 0. The normalized spacial score (nSPS) is 39.9. The molecule has 0 aromatic carbocycles. The molecule has 0 aromatic heterocycles. The van der Waals surface area contributed by atoms with Crippen LogP contribution in [0.3, 0.4) is 0 Å². The lowest BCUT2D eigenvalue weighted by Crippen LogP contribution is -2.49. The third-order valence-corrected chi connectivity index (χ3v) is 5.55. The molecule has 0 aromatic rings. The summed E-state index contributed by atoms with van der Waals surface area (Å²) in [5.41, 5.74) is 6.49. The minimum absolute atomic E-state index is 0.0619. The Balaban J connectivity index is 1.48. The molecule has 0 heterocycles. The first-order valence-corrected chi connectivity index (χ1v) is 7.52. The van der Waals surface area contributed by atoms with Gasteiger partial charge in [-0.2, -0.15) is 0 Å². The molecule has 3 aliphatic rings. The summed E-state index contributed by atoms with van der Waals surface area (Å²) in [7, 11) is 2.28. The fourth-order valence-electron chi connectivity index (χ4n) is 4.52. The molecule has 17 heavy (non-hydrogen) atoms. The van der Waals surface area contributed by atoms with Crippen molar-refractivity contribution in [3.63, 3.8) is 0 Å². The van der Waals surface area contributed by atoms with Crippen LogP contribution in [0.25, 0.3) is 0 Å². The molecule has 2 nitrogen and oxygen atoms in total. The van der Waals surface area contributed by atoms with Gasteiger partial charge in [-0.05, 0) is 69.7 Å². The second kappa shape index (κ2) is 4.24. The first kappa shape index (κ1) is 12.0. The lowest BCUT2D eigenvalue weighted by molar-refractivity contribution is 0.180. The van der Waals surface area contributed by atoms with Crippen LogP contribution in [0, 0.1) is 23.7 Å². The van der Waals surface area contributed by atoms with Crippen LogP contribution in [0.5, 0.6) is 0 Å². The van der Waals surface area contributed by atoms with Crippen LogP contribution in [0.4, 0.5) is 0 Å². The van der Waals surface area contributed by atoms with Crippen molar-refractivity contribution in [2.24, 2.45) is 29.4 Å². The summed E-state index contributed by atoms with van der Waals surface area (Å²) >= 11 is 0. The van der Waals surface area contributed by atoms with Crippen LogP contribution in [-0.4, -0.2) is 30.6 Å². The van der Waals surface area contributed by atoms with Gasteiger partial charge in [0.15, 0.2) is 0 Å². The fraction of sp³-hybridized carbons (Fsp3) is 1.00. The van der Waals surface area contributed by atoms with Crippen molar-refractivity contribution in [3.8, 4) is 0 Å². The van der Waals surface area contributed by atoms with E-state index in [9.17, 15) is 0 Å². The average molecular weight is 236 g/mol. The maximum absolute atomic E-state index is 6.43. The molecule has 98 valence electrons. The summed E-state index contributed by atoms with van der Waals surface area (Å²) in [4.78, 5) is 2.52. The van der Waals surface area contributed by atoms with Crippen molar-refractivity contribution >= 4 is 0 Å². The maximum Gasteiger partial charge on any atom is 0.0283 e. The van der Waals surface area contributed by atoms with Crippen LogP contribution in [0.1, 0.15) is 45.4 Å². The Kier molecular flexibility index (Phi) is 2.99. The third kappa shape index (κ3) is 2.53. The molecule has 3 saturated carbocycles. The van der Waals surface area contributed by atoms with Gasteiger partial charge in [0.05, 0.1) is 0 Å². The largest absolute Gasteiger partial charge is 0.324 e. The number of hydrogen-bond acceptors (Lipinski definition) is 2. The van der Waals surface area contributed by atoms with Gasteiger partial charge < -0.3 is 10.6 Å². The van der Waals surface area contributed by atoms with Crippen LogP contribution < -0.4 is 5.73 Å². The SMILES string of the molecule is CN(CC1CC2CCC1C2)CC(C)(N)C1CC1. The second-order valence-corrected chi connectivity index (χ2v) is 7.41. The van der Waals surface area contributed by atoms with Gasteiger partial charge in [0.25, 0.3) is 0 Å². The van der Waals surface area contributed by atoms with Gasteiger partial charge in [0, 0.05) is 18.6 Å². The third-order valence-electron chi connectivity index (χ3n) is 5.55. The standard InChI is InChI=1S/C15H28N2/c1-15(16,14-5-6-14)10-17(2)9-13-8-11-3-4-12(13)7-11/h11-14H,3-10,16H2,1-2H3. The van der Waals surface area contributed by atoms with Gasteiger partial charge in [-0.15, -0.1) is 0 Å². The van der Waals surface area contributed by atoms with Gasteiger partial charge >= 0.3 is 0 Å². The number of nitrogens with zero attached hydrogens (tertiary/aromatic N) is 1. The van der Waals surface area contributed by atoms with E-state index in [4.69, 9.17) is 5.73 Å². The molecule has 3 aliphatic carbocycles. The van der Waals surface area contributed by atoms with Gasteiger partial charge in [-0.25, -0.2) is 0 Å². The van der Waals surface area contributed by atoms with E-state index in [2.05, 4.69) is 18.9 Å². The van der Waals surface area contributed by atoms with Gasteiger partial charge in [0.1, 0.15) is 0 Å². The van der Waals surface area contributed by atoms with Crippen LogP contribution in [0.2, 0.25) is 0 Å². The maximum atomic E-state index is 6.43. The summed E-state index contributed by atoms with van der Waals surface area (Å²) in [6.07, 6.45) is 8.76.